The van der Waals surface area contributed by atoms with Crippen LogP contribution in [0, 0.1) is 29.1 Å². The lowest BCUT2D eigenvalue weighted by molar-refractivity contribution is -0.154. The summed E-state index contributed by atoms with van der Waals surface area (Å²) < 4.78 is 30.1. The van der Waals surface area contributed by atoms with Gasteiger partial charge in [0.05, 0.1) is 5.92 Å². The number of ketones is 1. The highest BCUT2D eigenvalue weighted by Gasteiger charge is 2.84. The van der Waals surface area contributed by atoms with E-state index in [1.54, 1.807) is 40.0 Å². The molecular formula is C30H42O9. The summed E-state index contributed by atoms with van der Waals surface area (Å²) in [6, 6.07) is 0. The molecular weight excluding hydrogens is 504 g/mol. The fourth-order valence-electron chi connectivity index (χ4n) is 7.48. The number of fused-ring (bicyclic) bond motifs is 1. The van der Waals surface area contributed by atoms with Crippen molar-refractivity contribution < 1.29 is 42.9 Å². The van der Waals surface area contributed by atoms with Gasteiger partial charge < -0.3 is 23.7 Å². The average Bonchev–Trinajstić information content (AvgIpc) is 3.64. The number of Topliss-reactive ketones (excluding diaryl/α,β-unsaturated/α-hetero) is 1. The maximum absolute atomic E-state index is 14.3. The minimum atomic E-state index is -1.25. The molecule has 0 aromatic carbocycles. The number of hydrogen-bond acceptors (Lipinski definition) is 9. The van der Waals surface area contributed by atoms with Crippen molar-refractivity contribution in [3.63, 3.8) is 0 Å². The van der Waals surface area contributed by atoms with Gasteiger partial charge in [-0.25, -0.2) is 4.79 Å². The number of esters is 3. The minimum absolute atomic E-state index is 0.174. The van der Waals surface area contributed by atoms with Crippen LogP contribution in [0.15, 0.2) is 23.3 Å². The molecule has 0 aromatic rings. The first-order chi connectivity index (χ1) is 18.1. The molecule has 10 atom stereocenters. The third-order valence-corrected chi connectivity index (χ3v) is 9.54. The summed E-state index contributed by atoms with van der Waals surface area (Å²) >= 11 is 0. The molecule has 0 radical (unpaired) electrons. The van der Waals surface area contributed by atoms with Gasteiger partial charge in [0.25, 0.3) is 0 Å². The summed E-state index contributed by atoms with van der Waals surface area (Å²) in [5.74, 6) is -2.90. The van der Waals surface area contributed by atoms with Crippen LogP contribution in [0.5, 0.6) is 0 Å². The zero-order chi connectivity index (χ0) is 29.2. The first-order valence-corrected chi connectivity index (χ1v) is 13.7. The van der Waals surface area contributed by atoms with Crippen molar-refractivity contribution >= 4 is 23.7 Å². The van der Waals surface area contributed by atoms with Crippen LogP contribution in [0.2, 0.25) is 0 Å². The van der Waals surface area contributed by atoms with Crippen molar-refractivity contribution in [3.8, 4) is 0 Å². The molecule has 216 valence electrons. The van der Waals surface area contributed by atoms with E-state index >= 15 is 0 Å². The van der Waals surface area contributed by atoms with Crippen molar-refractivity contribution in [3.05, 3.63) is 23.3 Å². The van der Waals surface area contributed by atoms with Crippen molar-refractivity contribution in [2.75, 3.05) is 7.11 Å². The quantitative estimate of drug-likeness (QED) is 0.167. The summed E-state index contributed by atoms with van der Waals surface area (Å²) in [5.41, 5.74) is -1.77. The number of rotatable bonds is 5. The zero-order valence-corrected chi connectivity index (χ0v) is 24.7. The number of hydrogen-bond donors (Lipinski definition) is 0. The Kier molecular flexibility index (Phi) is 7.43. The van der Waals surface area contributed by atoms with Crippen LogP contribution in [0.1, 0.15) is 68.7 Å². The van der Waals surface area contributed by atoms with Crippen LogP contribution in [0.25, 0.3) is 0 Å². The number of methoxy groups -OCH3 is 1. The largest absolute Gasteiger partial charge is 0.461 e. The van der Waals surface area contributed by atoms with Crippen molar-refractivity contribution in [1.82, 2.24) is 0 Å². The topological polar surface area (TPSA) is 118 Å². The predicted octanol–water partition coefficient (Wildman–Crippen LogP) is 3.73. The average molecular weight is 547 g/mol. The van der Waals surface area contributed by atoms with Gasteiger partial charge in [-0.3, -0.25) is 14.4 Å². The number of carbonyl (C=O) groups is 4. The molecule has 0 amide bonds. The van der Waals surface area contributed by atoms with Crippen LogP contribution in [0.3, 0.4) is 0 Å². The van der Waals surface area contributed by atoms with Crippen LogP contribution >= 0.6 is 0 Å². The van der Waals surface area contributed by atoms with Gasteiger partial charge in [0.15, 0.2) is 17.0 Å². The molecule has 2 saturated carbocycles. The Hall–Kier alpha value is -2.52. The predicted molar refractivity (Wildman–Crippen MR) is 140 cm³/mol. The Labute approximate surface area is 230 Å². The van der Waals surface area contributed by atoms with Gasteiger partial charge in [-0.05, 0) is 50.2 Å². The van der Waals surface area contributed by atoms with E-state index in [4.69, 9.17) is 23.7 Å². The summed E-state index contributed by atoms with van der Waals surface area (Å²) in [5, 5.41) is 0. The summed E-state index contributed by atoms with van der Waals surface area (Å²) in [4.78, 5) is 51.7. The van der Waals surface area contributed by atoms with Gasteiger partial charge in [-0.15, -0.1) is 0 Å². The van der Waals surface area contributed by atoms with Crippen LogP contribution < -0.4 is 0 Å². The highest BCUT2D eigenvalue weighted by atomic mass is 16.7. The lowest BCUT2D eigenvalue weighted by atomic mass is 9.80. The summed E-state index contributed by atoms with van der Waals surface area (Å²) in [6.07, 6.45) is 0.965. The molecule has 4 aliphatic rings. The van der Waals surface area contributed by atoms with Gasteiger partial charge in [-0.1, -0.05) is 33.8 Å². The fraction of sp³-hybridized carbons (Fsp3) is 0.733. The van der Waals surface area contributed by atoms with E-state index in [1.807, 2.05) is 27.7 Å². The van der Waals surface area contributed by atoms with E-state index in [1.165, 1.54) is 13.8 Å². The van der Waals surface area contributed by atoms with Gasteiger partial charge >= 0.3 is 17.9 Å². The standard InChI is InChI=1S/C30H42O9/c1-11-14(2)27(34)38-22-15(3)12-30-26(37-19(7)32)16(4)13-29(30,39-30)25(33)17(5)23(36-18(6)31)20-21(24(22)35-10)28(20,8)9/h11-12,16-17,20-24,26H,13H2,1-10H3/b14-11-,15-12+/t16-,17+,20-,21+,22+,23-,24+,26-,29-,30-/m0/s1. The third-order valence-electron chi connectivity index (χ3n) is 9.54. The fourth-order valence-corrected chi connectivity index (χ4v) is 7.48. The molecule has 9 heteroatoms. The summed E-state index contributed by atoms with van der Waals surface area (Å²) in [6.45, 7) is 15.7. The Morgan fingerprint density at radius 3 is 2.13 bits per heavy atom. The molecule has 0 N–H and O–H groups in total. The number of carbonyl (C=O) groups excluding carboxylic acids is 4. The molecule has 39 heavy (non-hydrogen) atoms. The third kappa shape index (κ3) is 4.46. The molecule has 1 saturated heterocycles. The molecule has 1 aliphatic heterocycles. The lowest BCUT2D eigenvalue weighted by Gasteiger charge is -2.30. The van der Waals surface area contributed by atoms with E-state index in [2.05, 4.69) is 0 Å². The van der Waals surface area contributed by atoms with Gasteiger partial charge in [-0.2, -0.15) is 0 Å². The second-order valence-electron chi connectivity index (χ2n) is 12.4. The molecule has 3 fully saturated rings. The van der Waals surface area contributed by atoms with E-state index in [-0.39, 0.29) is 29.0 Å². The lowest BCUT2D eigenvalue weighted by Crippen LogP contribution is -2.43. The molecule has 0 spiro atoms. The Bertz CT molecular complexity index is 1140. The van der Waals surface area contributed by atoms with Gasteiger partial charge in [0.2, 0.25) is 0 Å². The molecule has 1 heterocycles. The zero-order valence-electron chi connectivity index (χ0n) is 24.7. The molecule has 4 rings (SSSR count). The van der Waals surface area contributed by atoms with Crippen molar-refractivity contribution in [2.24, 2.45) is 29.1 Å². The first-order valence-electron chi connectivity index (χ1n) is 13.7. The Morgan fingerprint density at radius 1 is 1.00 bits per heavy atom. The van der Waals surface area contributed by atoms with E-state index in [9.17, 15) is 19.2 Å². The SMILES string of the molecule is C/C=C(/C)C(=O)O[C@@H]1/C(C)=C/[C@@]23O[C@@]2(C[C@H](C)[C@@H]3OC(C)=O)C(=O)[C@H](C)[C@H](OC(C)=O)[C@@H]2[C@H]([C@H]1OC)C2(C)C. The van der Waals surface area contributed by atoms with Crippen LogP contribution in [-0.2, 0) is 42.9 Å². The molecule has 9 nitrogen and oxygen atoms in total. The smallest absolute Gasteiger partial charge is 0.334 e. The van der Waals surface area contributed by atoms with E-state index in [0.717, 1.165) is 0 Å². The van der Waals surface area contributed by atoms with Gasteiger partial charge in [0, 0.05) is 38.4 Å². The minimum Gasteiger partial charge on any atom is -0.461 e. The molecule has 3 aliphatic carbocycles. The maximum atomic E-state index is 14.3. The second-order valence-corrected chi connectivity index (χ2v) is 12.4. The van der Waals surface area contributed by atoms with Crippen molar-refractivity contribution in [2.45, 2.75) is 104 Å². The van der Waals surface area contributed by atoms with Crippen LogP contribution in [-0.4, -0.2) is 66.4 Å². The monoisotopic (exact) mass is 546 g/mol. The molecule has 0 unspecified atom stereocenters. The Balaban J connectivity index is 1.92. The number of epoxide rings is 1. The highest BCUT2D eigenvalue weighted by Crippen LogP contribution is 2.68. The van der Waals surface area contributed by atoms with Crippen molar-refractivity contribution in [1.29, 1.82) is 0 Å². The second kappa shape index (κ2) is 9.84. The summed E-state index contributed by atoms with van der Waals surface area (Å²) in [7, 11) is 1.57. The van der Waals surface area contributed by atoms with Crippen LogP contribution in [0.4, 0.5) is 0 Å². The number of allylic oxidation sites excluding steroid dienone is 1. The van der Waals surface area contributed by atoms with E-state index < -0.39 is 59.4 Å². The number of ether oxygens (including phenoxy) is 5. The maximum Gasteiger partial charge on any atom is 0.334 e. The Morgan fingerprint density at radius 2 is 1.59 bits per heavy atom. The molecule has 0 aromatic heterocycles. The van der Waals surface area contributed by atoms with E-state index in [0.29, 0.717) is 17.6 Å². The molecule has 0 bridgehead atoms. The first kappa shape index (κ1) is 29.5. The highest BCUT2D eigenvalue weighted by molar-refractivity contribution is 5.96. The normalized spacial score (nSPS) is 43.9. The van der Waals surface area contributed by atoms with Gasteiger partial charge in [0.1, 0.15) is 24.4 Å².